The summed E-state index contributed by atoms with van der Waals surface area (Å²) >= 11 is 0. The lowest BCUT2D eigenvalue weighted by Gasteiger charge is -2.38. The van der Waals surface area contributed by atoms with Crippen molar-refractivity contribution in [3.8, 4) is 29.1 Å². The van der Waals surface area contributed by atoms with Gasteiger partial charge in [-0.25, -0.2) is 9.18 Å². The van der Waals surface area contributed by atoms with E-state index in [2.05, 4.69) is 31.2 Å². The number of aryl methyl sites for hydroxylation is 1. The zero-order valence-electron chi connectivity index (χ0n) is 37.3. The molecule has 66 heavy (non-hydrogen) atoms. The Bertz CT molecular complexity index is 2720. The molecule has 4 aromatic carbocycles. The van der Waals surface area contributed by atoms with Gasteiger partial charge in [-0.2, -0.15) is 10.4 Å². The summed E-state index contributed by atoms with van der Waals surface area (Å²) in [5.41, 5.74) is 3.78. The molecule has 3 fully saturated rings. The van der Waals surface area contributed by atoms with Crippen molar-refractivity contribution in [2.75, 3.05) is 80.8 Å². The smallest absolute Gasteiger partial charge is 0.329 e. The molecular weight excluding hydrogens is 846 g/mol. The number of amides is 5. The SMILES string of the molecule is CCOc1cc([C@@H](CC#N)N2C(=O)c3cccc(N4CCN(CCC5CCN(c6ccc(Oc7cc8c(cc7F)c(N7CCC(=O)NC7=O)nn8C)cc6)CC5)CC4)c3C2=O)ccc1OC. The van der Waals surface area contributed by atoms with Crippen LogP contribution >= 0.6 is 0 Å². The third-order valence-corrected chi connectivity index (χ3v) is 13.2. The van der Waals surface area contributed by atoms with Crippen LogP contribution in [0.3, 0.4) is 0 Å². The van der Waals surface area contributed by atoms with Gasteiger partial charge in [0.25, 0.3) is 11.8 Å². The van der Waals surface area contributed by atoms with E-state index in [0.29, 0.717) is 57.4 Å². The average molecular weight is 898 g/mol. The molecule has 0 spiro atoms. The number of fused-ring (bicyclic) bond motifs is 2. The van der Waals surface area contributed by atoms with Crippen LogP contribution in [-0.4, -0.2) is 109 Å². The molecule has 16 nitrogen and oxygen atoms in total. The van der Waals surface area contributed by atoms with E-state index < -0.39 is 29.7 Å². The normalized spacial score (nSPS) is 17.6. The van der Waals surface area contributed by atoms with Crippen molar-refractivity contribution >= 4 is 51.8 Å². The lowest BCUT2D eigenvalue weighted by molar-refractivity contribution is -0.120. The maximum Gasteiger partial charge on any atom is 0.329 e. The molecule has 17 heteroatoms. The number of piperidine rings is 1. The van der Waals surface area contributed by atoms with Crippen molar-refractivity contribution in [2.45, 2.75) is 45.1 Å². The van der Waals surface area contributed by atoms with Gasteiger partial charge >= 0.3 is 6.03 Å². The number of nitriles is 1. The number of aromatic nitrogens is 2. The Hall–Kier alpha value is -7.19. The fourth-order valence-corrected chi connectivity index (χ4v) is 9.64. The first kappa shape index (κ1) is 44.0. The summed E-state index contributed by atoms with van der Waals surface area (Å²) in [7, 11) is 3.25. The number of anilines is 3. The standard InChI is InChI=1S/C49H52FN9O7/c1-4-65-43-28-32(8-13-41(43)64-3)38(14-19-51)59-47(61)35-6-5-7-39(45(35)48(59)62)57-26-24-55(25-27-57)20-15-31-16-21-56(22-17-31)33-9-11-34(12-10-33)66-42-30-40-36(29-37(42)50)46(53-54(40)2)58-23-18-44(60)52-49(58)63/h5-13,28-31,38H,4,14-18,20-27H2,1-3H3,(H,52,60,63)/t38-/m1/s1. The Labute approximate surface area is 382 Å². The van der Waals surface area contributed by atoms with Crippen molar-refractivity contribution in [1.82, 2.24) is 24.9 Å². The second kappa shape index (κ2) is 18.7. The number of hydrogen-bond acceptors (Lipinski definition) is 12. The Balaban J connectivity index is 0.761. The topological polar surface area (TPSA) is 166 Å². The number of carbonyl (C=O) groups is 4. The number of benzene rings is 4. The van der Waals surface area contributed by atoms with E-state index in [1.807, 2.05) is 43.3 Å². The molecule has 5 amide bonds. The van der Waals surface area contributed by atoms with Gasteiger partial charge in [0.15, 0.2) is 28.9 Å². The van der Waals surface area contributed by atoms with E-state index in [4.69, 9.17) is 14.2 Å². The summed E-state index contributed by atoms with van der Waals surface area (Å²) in [6, 6.07) is 22.1. The number of nitrogens with zero attached hydrogens (tertiary/aromatic N) is 8. The molecule has 1 atom stereocenters. The Kier molecular flexibility index (Phi) is 12.5. The minimum atomic E-state index is -0.789. The molecule has 342 valence electrons. The summed E-state index contributed by atoms with van der Waals surface area (Å²) in [5, 5.41) is 17.0. The number of ether oxygens (including phenoxy) is 3. The number of carbonyl (C=O) groups excluding carboxylic acids is 4. The van der Waals surface area contributed by atoms with Crippen LogP contribution in [0.1, 0.15) is 71.3 Å². The number of urea groups is 1. The highest BCUT2D eigenvalue weighted by atomic mass is 19.1. The van der Waals surface area contributed by atoms with E-state index in [1.54, 1.807) is 49.2 Å². The first-order valence-corrected chi connectivity index (χ1v) is 22.5. The molecule has 5 aromatic rings. The molecular formula is C49H52FN9O7. The van der Waals surface area contributed by atoms with Crippen molar-refractivity contribution in [3.05, 3.63) is 95.3 Å². The van der Waals surface area contributed by atoms with Crippen LogP contribution < -0.4 is 34.2 Å². The van der Waals surface area contributed by atoms with Gasteiger partial charge in [-0.3, -0.25) is 39.1 Å². The summed E-state index contributed by atoms with van der Waals surface area (Å²) in [4.78, 5) is 61.9. The first-order valence-electron chi connectivity index (χ1n) is 22.5. The third kappa shape index (κ3) is 8.56. The maximum absolute atomic E-state index is 15.4. The van der Waals surface area contributed by atoms with Gasteiger partial charge in [0.2, 0.25) is 5.91 Å². The fourth-order valence-electron chi connectivity index (χ4n) is 9.64. The minimum absolute atomic E-state index is 0.0386. The molecule has 0 unspecified atom stereocenters. The molecule has 1 aromatic heterocycles. The molecule has 0 saturated carbocycles. The quantitative estimate of drug-likeness (QED) is 0.113. The largest absolute Gasteiger partial charge is 0.493 e. The molecule has 4 aliphatic rings. The number of imide groups is 2. The summed E-state index contributed by atoms with van der Waals surface area (Å²) < 4.78 is 34.2. The van der Waals surface area contributed by atoms with Gasteiger partial charge < -0.3 is 24.0 Å². The van der Waals surface area contributed by atoms with Crippen LogP contribution in [0.25, 0.3) is 10.9 Å². The lowest BCUT2D eigenvalue weighted by Crippen LogP contribution is -2.49. The zero-order chi connectivity index (χ0) is 46.1. The van der Waals surface area contributed by atoms with Gasteiger partial charge in [-0.1, -0.05) is 12.1 Å². The van der Waals surface area contributed by atoms with Crippen LogP contribution in [-0.2, 0) is 11.8 Å². The minimum Gasteiger partial charge on any atom is -0.493 e. The van der Waals surface area contributed by atoms with Gasteiger partial charge in [0.05, 0.1) is 54.6 Å². The monoisotopic (exact) mass is 897 g/mol. The Morgan fingerprint density at radius 3 is 2.36 bits per heavy atom. The fraction of sp³-hybridized carbons (Fsp3) is 0.388. The van der Waals surface area contributed by atoms with E-state index in [1.165, 1.54) is 15.9 Å². The summed E-state index contributed by atoms with van der Waals surface area (Å²) in [6.45, 7) is 8.40. The number of hydrogen-bond donors (Lipinski definition) is 1. The molecule has 9 rings (SSSR count). The number of rotatable bonds is 14. The second-order valence-electron chi connectivity index (χ2n) is 17.0. The van der Waals surface area contributed by atoms with E-state index in [0.717, 1.165) is 76.5 Å². The van der Waals surface area contributed by atoms with Gasteiger partial charge in [0, 0.05) is 76.4 Å². The lowest BCUT2D eigenvalue weighted by atomic mass is 9.93. The van der Waals surface area contributed by atoms with Crippen molar-refractivity contribution < 1.29 is 37.8 Å². The molecule has 0 aliphatic carbocycles. The molecule has 0 bridgehead atoms. The highest BCUT2D eigenvalue weighted by Gasteiger charge is 2.43. The number of halogens is 1. The Morgan fingerprint density at radius 2 is 1.65 bits per heavy atom. The molecule has 3 saturated heterocycles. The number of piperazine rings is 1. The molecule has 1 N–H and O–H groups in total. The van der Waals surface area contributed by atoms with Crippen LogP contribution in [0.2, 0.25) is 0 Å². The molecule has 5 heterocycles. The number of methoxy groups -OCH3 is 1. The van der Waals surface area contributed by atoms with Crippen LogP contribution in [0.15, 0.2) is 72.8 Å². The maximum atomic E-state index is 15.4. The predicted octanol–water partition coefficient (Wildman–Crippen LogP) is 7.04. The van der Waals surface area contributed by atoms with Crippen LogP contribution in [0, 0.1) is 23.1 Å². The summed E-state index contributed by atoms with van der Waals surface area (Å²) in [6.07, 6.45) is 3.32. The number of nitrogens with one attached hydrogen (secondary N) is 1. The first-order chi connectivity index (χ1) is 32.0. The van der Waals surface area contributed by atoms with Crippen LogP contribution in [0.5, 0.6) is 23.0 Å². The van der Waals surface area contributed by atoms with Gasteiger partial charge in [-0.05, 0) is 98.8 Å². The third-order valence-electron chi connectivity index (χ3n) is 13.2. The summed E-state index contributed by atoms with van der Waals surface area (Å²) in [5.74, 6) is 0.677. The molecule has 0 radical (unpaired) electrons. The van der Waals surface area contributed by atoms with Gasteiger partial charge in [-0.15, -0.1) is 0 Å². The highest BCUT2D eigenvalue weighted by molar-refractivity contribution is 6.24. The second-order valence-corrected chi connectivity index (χ2v) is 17.0. The van der Waals surface area contributed by atoms with E-state index in [9.17, 15) is 24.4 Å². The van der Waals surface area contributed by atoms with Crippen molar-refractivity contribution in [2.24, 2.45) is 13.0 Å². The van der Waals surface area contributed by atoms with E-state index in [-0.39, 0.29) is 36.9 Å². The predicted molar refractivity (Wildman–Crippen MR) is 245 cm³/mol. The van der Waals surface area contributed by atoms with Gasteiger partial charge in [0.1, 0.15) is 5.75 Å². The molecule has 4 aliphatic heterocycles. The van der Waals surface area contributed by atoms with Crippen molar-refractivity contribution in [1.29, 1.82) is 5.26 Å². The Morgan fingerprint density at radius 1 is 0.879 bits per heavy atom. The average Bonchev–Trinajstić information content (AvgIpc) is 3.78. The zero-order valence-corrected chi connectivity index (χ0v) is 37.3. The van der Waals surface area contributed by atoms with Crippen molar-refractivity contribution in [3.63, 3.8) is 0 Å². The van der Waals surface area contributed by atoms with E-state index >= 15 is 4.39 Å². The highest BCUT2D eigenvalue weighted by Crippen LogP contribution is 2.41. The van der Waals surface area contributed by atoms with Crippen LogP contribution in [0.4, 0.5) is 26.4 Å².